The van der Waals surface area contributed by atoms with Crippen LogP contribution < -0.4 is 0 Å². The van der Waals surface area contributed by atoms with E-state index in [4.69, 9.17) is 26.2 Å². The van der Waals surface area contributed by atoms with Crippen molar-refractivity contribution in [2.75, 3.05) is 45.9 Å². The van der Waals surface area contributed by atoms with Gasteiger partial charge in [-0.05, 0) is 56.4 Å². The number of carbonyl (C=O) groups is 2. The molecule has 37 heavy (non-hydrogen) atoms. The van der Waals surface area contributed by atoms with Crippen LogP contribution >= 0.6 is 11.6 Å². The fourth-order valence-electron chi connectivity index (χ4n) is 5.72. The van der Waals surface area contributed by atoms with Gasteiger partial charge in [-0.1, -0.05) is 24.4 Å². The Hall–Kier alpha value is -1.92. The lowest BCUT2D eigenvalue weighted by atomic mass is 9.89. The molecule has 5 rings (SSSR count). The predicted molar refractivity (Wildman–Crippen MR) is 135 cm³/mol. The van der Waals surface area contributed by atoms with E-state index in [-0.39, 0.29) is 24.1 Å². The van der Waals surface area contributed by atoms with Gasteiger partial charge in [0.1, 0.15) is 5.60 Å². The average Bonchev–Trinajstić information content (AvgIpc) is 3.77. The van der Waals surface area contributed by atoms with Gasteiger partial charge >= 0.3 is 12.1 Å². The minimum absolute atomic E-state index is 0.0673. The first-order chi connectivity index (χ1) is 17.5. The van der Waals surface area contributed by atoms with Crippen LogP contribution in [0.2, 0.25) is 5.02 Å². The van der Waals surface area contributed by atoms with Gasteiger partial charge in [0, 0.05) is 37.2 Å². The smallest absolute Gasteiger partial charge is 0.410 e. The molecule has 2 heterocycles. The molecule has 12 heteroatoms. The molecule has 0 aromatic heterocycles. The van der Waals surface area contributed by atoms with Crippen LogP contribution in [-0.2, 0) is 24.3 Å². The Labute approximate surface area is 222 Å². The van der Waals surface area contributed by atoms with E-state index < -0.39 is 33.2 Å². The van der Waals surface area contributed by atoms with Crippen molar-refractivity contribution in [1.29, 1.82) is 0 Å². The van der Waals surface area contributed by atoms with Crippen molar-refractivity contribution < 1.29 is 32.6 Å². The van der Waals surface area contributed by atoms with Crippen molar-refractivity contribution in [2.45, 2.75) is 61.1 Å². The number of aliphatic carboxylic acids is 1. The van der Waals surface area contributed by atoms with E-state index in [2.05, 4.69) is 0 Å². The maximum atomic E-state index is 14.1. The summed E-state index contributed by atoms with van der Waals surface area (Å²) in [5, 5.41) is 9.47. The van der Waals surface area contributed by atoms with Gasteiger partial charge in [0.15, 0.2) is 0 Å². The zero-order valence-electron chi connectivity index (χ0n) is 21.0. The quantitative estimate of drug-likeness (QED) is 0.520. The molecule has 4 aliphatic rings. The normalized spacial score (nSPS) is 28.6. The Bertz CT molecular complexity index is 1130. The first-order valence-corrected chi connectivity index (χ1v) is 14.7. The zero-order valence-corrected chi connectivity index (χ0v) is 22.5. The molecule has 204 valence electrons. The molecule has 2 aliphatic heterocycles. The van der Waals surface area contributed by atoms with E-state index >= 15 is 0 Å². The Morgan fingerprint density at radius 1 is 1.14 bits per heavy atom. The van der Waals surface area contributed by atoms with Crippen molar-refractivity contribution in [3.8, 4) is 0 Å². The first-order valence-electron chi connectivity index (χ1n) is 12.8. The molecule has 1 aromatic carbocycles. The number of carboxylic acids is 1. The van der Waals surface area contributed by atoms with E-state index in [9.17, 15) is 18.0 Å². The summed E-state index contributed by atoms with van der Waals surface area (Å²) >= 11 is 6.03. The molecular formula is C25H34ClN3O7S. The fourth-order valence-corrected chi connectivity index (χ4v) is 7.84. The predicted octanol–water partition coefficient (Wildman–Crippen LogP) is 2.66. The zero-order chi connectivity index (χ0) is 26.4. The number of carbonyl (C=O) groups excluding carboxylic acids is 1. The highest BCUT2D eigenvalue weighted by Crippen LogP contribution is 2.55. The van der Waals surface area contributed by atoms with Crippen LogP contribution in [-0.4, -0.2) is 103 Å². The summed E-state index contributed by atoms with van der Waals surface area (Å²) in [4.78, 5) is 27.8. The fraction of sp³-hybridized carbons (Fsp3) is 0.680. The van der Waals surface area contributed by atoms with Crippen molar-refractivity contribution in [3.63, 3.8) is 0 Å². The summed E-state index contributed by atoms with van der Waals surface area (Å²) in [5.41, 5.74) is -2.08. The van der Waals surface area contributed by atoms with Crippen LogP contribution in [0.3, 0.4) is 0 Å². The van der Waals surface area contributed by atoms with E-state index in [1.165, 1.54) is 12.1 Å². The third-order valence-corrected chi connectivity index (χ3v) is 10.5. The second-order valence-corrected chi connectivity index (χ2v) is 13.1. The number of hydrogen-bond donors (Lipinski definition) is 1. The van der Waals surface area contributed by atoms with Gasteiger partial charge in [-0.3, -0.25) is 9.69 Å². The Balaban J connectivity index is 1.39. The second-order valence-electron chi connectivity index (χ2n) is 10.9. The van der Waals surface area contributed by atoms with Crippen LogP contribution in [0.25, 0.3) is 0 Å². The molecule has 2 atom stereocenters. The molecule has 0 bridgehead atoms. The number of amides is 1. The molecule has 2 saturated heterocycles. The van der Waals surface area contributed by atoms with Gasteiger partial charge in [-0.2, -0.15) is 4.31 Å². The molecule has 4 fully saturated rings. The molecule has 1 aromatic rings. The van der Waals surface area contributed by atoms with E-state index in [1.54, 1.807) is 26.2 Å². The third kappa shape index (κ3) is 5.34. The van der Waals surface area contributed by atoms with Crippen molar-refractivity contribution in [3.05, 3.63) is 29.3 Å². The summed E-state index contributed by atoms with van der Waals surface area (Å²) in [6, 6.07) is 5.81. The van der Waals surface area contributed by atoms with Gasteiger partial charge in [-0.25, -0.2) is 13.2 Å². The Morgan fingerprint density at radius 2 is 1.78 bits per heavy atom. The van der Waals surface area contributed by atoms with Crippen LogP contribution in [0.1, 0.15) is 39.0 Å². The largest absolute Gasteiger partial charge is 0.480 e. The number of morpholine rings is 1. The molecule has 0 spiro atoms. The van der Waals surface area contributed by atoms with Crippen molar-refractivity contribution in [2.24, 2.45) is 5.92 Å². The number of rotatable bonds is 8. The van der Waals surface area contributed by atoms with Gasteiger partial charge in [0.05, 0.1) is 30.2 Å². The Kier molecular flexibility index (Phi) is 7.21. The summed E-state index contributed by atoms with van der Waals surface area (Å²) in [5.74, 6) is -0.431. The number of nitrogens with zero attached hydrogens (tertiary/aromatic N) is 3. The summed E-state index contributed by atoms with van der Waals surface area (Å²) in [6.07, 6.45) is 3.45. The molecule has 2 saturated carbocycles. The number of carboxylic acid groups (broad SMARTS) is 1. The van der Waals surface area contributed by atoms with E-state index in [0.29, 0.717) is 63.0 Å². The SMILES string of the molecule is C[C@@]1(C2(OC(=O)N3CCN(CC(=O)O)CC3)CC2)COC[C@@H](CC2CC2)N1S(=O)(=O)c1ccc(Cl)cc1. The van der Waals surface area contributed by atoms with Crippen LogP contribution in [0.15, 0.2) is 29.2 Å². The summed E-state index contributed by atoms with van der Waals surface area (Å²) in [7, 11) is -3.95. The van der Waals surface area contributed by atoms with Crippen molar-refractivity contribution >= 4 is 33.7 Å². The standard InChI is InChI=1S/C25H34ClN3O7S/c1-24(25(8-9-25)36-23(32)28-12-10-27(11-13-28)15-22(30)31)17-35-16-20(14-18-2-3-18)29(24)37(33,34)21-6-4-19(26)5-7-21/h4-7,18,20H,2-3,8-17H2,1H3,(H,30,31)/t20-,24+/m1/s1. The van der Waals surface area contributed by atoms with Crippen molar-refractivity contribution in [1.82, 2.24) is 14.1 Å². The number of ether oxygens (including phenoxy) is 2. The van der Waals surface area contributed by atoms with Gasteiger partial charge in [0.25, 0.3) is 0 Å². The monoisotopic (exact) mass is 555 g/mol. The molecule has 1 N–H and O–H groups in total. The van der Waals surface area contributed by atoms with Gasteiger partial charge < -0.3 is 19.5 Å². The summed E-state index contributed by atoms with van der Waals surface area (Å²) in [6.45, 7) is 3.78. The minimum atomic E-state index is -3.95. The molecule has 0 radical (unpaired) electrons. The lowest BCUT2D eigenvalue weighted by molar-refractivity contribution is -0.138. The lowest BCUT2D eigenvalue weighted by Crippen LogP contribution is -2.69. The highest BCUT2D eigenvalue weighted by molar-refractivity contribution is 7.89. The highest BCUT2D eigenvalue weighted by atomic mass is 35.5. The lowest BCUT2D eigenvalue weighted by Gasteiger charge is -2.51. The average molecular weight is 556 g/mol. The second kappa shape index (κ2) is 10.00. The summed E-state index contributed by atoms with van der Waals surface area (Å²) < 4.78 is 42.0. The van der Waals surface area contributed by atoms with E-state index in [1.807, 2.05) is 6.92 Å². The van der Waals surface area contributed by atoms with Crippen LogP contribution in [0.4, 0.5) is 4.79 Å². The van der Waals surface area contributed by atoms with E-state index in [0.717, 1.165) is 12.8 Å². The molecule has 1 amide bonds. The molecule has 10 nitrogen and oxygen atoms in total. The molecule has 0 unspecified atom stereocenters. The number of hydrogen-bond acceptors (Lipinski definition) is 7. The maximum Gasteiger partial charge on any atom is 0.410 e. The molecular weight excluding hydrogens is 522 g/mol. The maximum absolute atomic E-state index is 14.1. The number of benzene rings is 1. The number of piperazine rings is 1. The van der Waals surface area contributed by atoms with Crippen LogP contribution in [0, 0.1) is 5.92 Å². The first kappa shape index (κ1) is 26.7. The Morgan fingerprint density at radius 3 is 2.35 bits per heavy atom. The number of sulfonamides is 1. The third-order valence-electron chi connectivity index (χ3n) is 8.14. The number of halogens is 1. The van der Waals surface area contributed by atoms with Gasteiger partial charge in [0.2, 0.25) is 10.0 Å². The highest BCUT2D eigenvalue weighted by Gasteiger charge is 2.68. The minimum Gasteiger partial charge on any atom is -0.480 e. The van der Waals surface area contributed by atoms with Crippen LogP contribution in [0.5, 0.6) is 0 Å². The molecule has 2 aliphatic carbocycles. The van der Waals surface area contributed by atoms with Gasteiger partial charge in [-0.15, -0.1) is 0 Å². The topological polar surface area (TPSA) is 117 Å².